The minimum atomic E-state index is -0.136. The SMILES string of the molecule is CC(C)C(CN)C(=O)Nc1nc(C2CC2)cs1. The standard InChI is InChI=1S/C12H19N3OS/c1-7(2)9(5-13)11(16)15-12-14-10(6-17-12)8-3-4-8/h6-9H,3-5,13H2,1-2H3,(H,14,15,16). The van der Waals surface area contributed by atoms with E-state index in [0.717, 1.165) is 5.69 Å². The number of carbonyl (C=O) groups is 1. The molecule has 3 N–H and O–H groups in total. The zero-order chi connectivity index (χ0) is 12.4. The van der Waals surface area contributed by atoms with Gasteiger partial charge in [0.1, 0.15) is 0 Å². The Labute approximate surface area is 106 Å². The average Bonchev–Trinajstić information content (AvgIpc) is 3.01. The van der Waals surface area contributed by atoms with Crippen LogP contribution in [0.2, 0.25) is 0 Å². The van der Waals surface area contributed by atoms with Gasteiger partial charge in [-0.1, -0.05) is 13.8 Å². The van der Waals surface area contributed by atoms with E-state index in [0.29, 0.717) is 17.6 Å². The second-order valence-electron chi connectivity index (χ2n) is 4.93. The Morgan fingerprint density at radius 1 is 1.65 bits per heavy atom. The van der Waals surface area contributed by atoms with Gasteiger partial charge >= 0.3 is 0 Å². The molecule has 1 aromatic rings. The van der Waals surface area contributed by atoms with E-state index in [4.69, 9.17) is 5.73 Å². The highest BCUT2D eigenvalue weighted by Gasteiger charge is 2.27. The van der Waals surface area contributed by atoms with Crippen LogP contribution < -0.4 is 11.1 Å². The van der Waals surface area contributed by atoms with E-state index in [-0.39, 0.29) is 17.7 Å². The molecule has 5 heteroatoms. The smallest absolute Gasteiger partial charge is 0.230 e. The summed E-state index contributed by atoms with van der Waals surface area (Å²) in [4.78, 5) is 16.4. The molecule has 17 heavy (non-hydrogen) atoms. The van der Waals surface area contributed by atoms with Crippen molar-refractivity contribution in [1.29, 1.82) is 0 Å². The molecule has 1 amide bonds. The largest absolute Gasteiger partial charge is 0.330 e. The van der Waals surface area contributed by atoms with Crippen molar-refractivity contribution in [2.45, 2.75) is 32.6 Å². The van der Waals surface area contributed by atoms with E-state index in [1.807, 2.05) is 19.2 Å². The Morgan fingerprint density at radius 2 is 2.35 bits per heavy atom. The molecule has 1 heterocycles. The summed E-state index contributed by atoms with van der Waals surface area (Å²) in [6.07, 6.45) is 2.46. The average molecular weight is 253 g/mol. The van der Waals surface area contributed by atoms with Crippen LogP contribution in [0.15, 0.2) is 5.38 Å². The number of hydrogen-bond acceptors (Lipinski definition) is 4. The maximum Gasteiger partial charge on any atom is 0.230 e. The van der Waals surface area contributed by atoms with E-state index in [2.05, 4.69) is 10.3 Å². The van der Waals surface area contributed by atoms with Gasteiger partial charge in [0.15, 0.2) is 5.13 Å². The number of amides is 1. The quantitative estimate of drug-likeness (QED) is 0.845. The summed E-state index contributed by atoms with van der Waals surface area (Å²) in [5.41, 5.74) is 6.74. The first-order valence-electron chi connectivity index (χ1n) is 6.08. The zero-order valence-electron chi connectivity index (χ0n) is 10.3. The zero-order valence-corrected chi connectivity index (χ0v) is 11.1. The van der Waals surface area contributed by atoms with Gasteiger partial charge in [-0.3, -0.25) is 4.79 Å². The molecular formula is C12H19N3OS. The molecule has 4 nitrogen and oxygen atoms in total. The fourth-order valence-corrected chi connectivity index (χ4v) is 2.59. The van der Waals surface area contributed by atoms with Crippen molar-refractivity contribution in [2.24, 2.45) is 17.6 Å². The van der Waals surface area contributed by atoms with Crippen LogP contribution in [0, 0.1) is 11.8 Å². The molecule has 1 aromatic heterocycles. The van der Waals surface area contributed by atoms with E-state index in [9.17, 15) is 4.79 Å². The Bertz CT molecular complexity index is 398. The normalized spacial score (nSPS) is 17.2. The highest BCUT2D eigenvalue weighted by molar-refractivity contribution is 7.13. The van der Waals surface area contributed by atoms with E-state index in [1.165, 1.54) is 24.2 Å². The van der Waals surface area contributed by atoms with Crippen LogP contribution in [0.1, 0.15) is 38.3 Å². The Kier molecular flexibility index (Phi) is 3.79. The van der Waals surface area contributed by atoms with Gasteiger partial charge in [0, 0.05) is 17.8 Å². The molecule has 1 aliphatic carbocycles. The topological polar surface area (TPSA) is 68.0 Å². The van der Waals surface area contributed by atoms with Crippen LogP contribution in [0.25, 0.3) is 0 Å². The molecule has 0 aliphatic heterocycles. The van der Waals surface area contributed by atoms with Gasteiger partial charge in [0.2, 0.25) is 5.91 Å². The van der Waals surface area contributed by atoms with Crippen molar-refractivity contribution < 1.29 is 4.79 Å². The lowest BCUT2D eigenvalue weighted by Gasteiger charge is -2.16. The van der Waals surface area contributed by atoms with Crippen LogP contribution in [-0.2, 0) is 4.79 Å². The summed E-state index contributed by atoms with van der Waals surface area (Å²) in [7, 11) is 0. The number of hydrogen-bond donors (Lipinski definition) is 2. The Morgan fingerprint density at radius 3 is 2.88 bits per heavy atom. The van der Waals surface area contributed by atoms with Crippen molar-refractivity contribution in [2.75, 3.05) is 11.9 Å². The van der Waals surface area contributed by atoms with Crippen LogP contribution in [0.4, 0.5) is 5.13 Å². The number of aromatic nitrogens is 1. The molecule has 0 spiro atoms. The van der Waals surface area contributed by atoms with Gasteiger partial charge in [-0.25, -0.2) is 4.98 Å². The van der Waals surface area contributed by atoms with E-state index in [1.54, 1.807) is 0 Å². The second kappa shape index (κ2) is 5.14. The first kappa shape index (κ1) is 12.5. The van der Waals surface area contributed by atoms with Crippen LogP contribution in [0.3, 0.4) is 0 Å². The van der Waals surface area contributed by atoms with Crippen LogP contribution in [-0.4, -0.2) is 17.4 Å². The number of nitrogens with zero attached hydrogens (tertiary/aromatic N) is 1. The number of rotatable bonds is 5. The Hall–Kier alpha value is -0.940. The van der Waals surface area contributed by atoms with Crippen LogP contribution >= 0.6 is 11.3 Å². The minimum Gasteiger partial charge on any atom is -0.330 e. The third-order valence-corrected chi connectivity index (χ3v) is 3.92. The molecule has 0 bridgehead atoms. The van der Waals surface area contributed by atoms with Crippen LogP contribution in [0.5, 0.6) is 0 Å². The van der Waals surface area contributed by atoms with Crippen molar-refractivity contribution in [1.82, 2.24) is 4.98 Å². The fourth-order valence-electron chi connectivity index (χ4n) is 1.79. The third-order valence-electron chi connectivity index (χ3n) is 3.14. The highest BCUT2D eigenvalue weighted by atomic mass is 32.1. The molecule has 0 saturated heterocycles. The van der Waals surface area contributed by atoms with Gasteiger partial charge < -0.3 is 11.1 Å². The highest BCUT2D eigenvalue weighted by Crippen LogP contribution is 2.40. The molecule has 1 fully saturated rings. The summed E-state index contributed by atoms with van der Waals surface area (Å²) in [5.74, 6) is 0.734. The lowest BCUT2D eigenvalue weighted by Crippen LogP contribution is -2.33. The van der Waals surface area contributed by atoms with Crippen molar-refractivity contribution in [3.63, 3.8) is 0 Å². The van der Waals surface area contributed by atoms with Gasteiger partial charge in [-0.15, -0.1) is 11.3 Å². The molecule has 0 radical (unpaired) electrons. The number of anilines is 1. The maximum atomic E-state index is 12.0. The molecule has 1 aliphatic rings. The van der Waals surface area contributed by atoms with Gasteiger partial charge in [-0.2, -0.15) is 0 Å². The van der Waals surface area contributed by atoms with E-state index < -0.39 is 0 Å². The number of nitrogens with two attached hydrogens (primary N) is 1. The number of nitrogens with one attached hydrogen (secondary N) is 1. The van der Waals surface area contributed by atoms with Crippen molar-refractivity contribution in [3.05, 3.63) is 11.1 Å². The van der Waals surface area contributed by atoms with Crippen molar-refractivity contribution in [3.8, 4) is 0 Å². The number of thiazole rings is 1. The molecule has 94 valence electrons. The summed E-state index contributed by atoms with van der Waals surface area (Å²) in [6.45, 7) is 4.40. The third kappa shape index (κ3) is 3.04. The predicted molar refractivity (Wildman–Crippen MR) is 70.1 cm³/mol. The molecular weight excluding hydrogens is 234 g/mol. The predicted octanol–water partition coefficient (Wildman–Crippen LogP) is 2.19. The molecule has 1 saturated carbocycles. The monoisotopic (exact) mass is 253 g/mol. The number of carbonyl (C=O) groups excluding carboxylic acids is 1. The molecule has 0 aromatic carbocycles. The molecule has 1 unspecified atom stereocenters. The molecule has 1 atom stereocenters. The summed E-state index contributed by atoms with van der Waals surface area (Å²) < 4.78 is 0. The molecule has 2 rings (SSSR count). The summed E-state index contributed by atoms with van der Waals surface area (Å²) >= 11 is 1.50. The van der Waals surface area contributed by atoms with Gasteiger partial charge in [-0.05, 0) is 18.8 Å². The summed E-state index contributed by atoms with van der Waals surface area (Å²) in [6, 6.07) is 0. The first-order chi connectivity index (χ1) is 8.11. The first-order valence-corrected chi connectivity index (χ1v) is 6.96. The lowest BCUT2D eigenvalue weighted by molar-refractivity contribution is -0.120. The second-order valence-corrected chi connectivity index (χ2v) is 5.79. The Balaban J connectivity index is 1.96. The fraction of sp³-hybridized carbons (Fsp3) is 0.667. The van der Waals surface area contributed by atoms with Gasteiger partial charge in [0.25, 0.3) is 0 Å². The minimum absolute atomic E-state index is 0.0146. The van der Waals surface area contributed by atoms with Crippen molar-refractivity contribution >= 4 is 22.4 Å². The summed E-state index contributed by atoms with van der Waals surface area (Å²) in [5, 5.41) is 5.61. The van der Waals surface area contributed by atoms with Gasteiger partial charge in [0.05, 0.1) is 11.6 Å². The lowest BCUT2D eigenvalue weighted by atomic mass is 9.95. The maximum absolute atomic E-state index is 12.0. The van der Waals surface area contributed by atoms with E-state index >= 15 is 0 Å².